The van der Waals surface area contributed by atoms with Crippen molar-refractivity contribution in [2.75, 3.05) is 14.9 Å². The SMILES string of the molecule is CC1(C)c2cc(N3c4ccccc4C(C)(C)c4ccccc43)ccc2N(O)c2ccc(N3c4ccccc4C(C)(C)c4ccccc43)cc21. The molecule has 0 amide bonds. The largest absolute Gasteiger partial charge is 0.310 e. The summed E-state index contributed by atoms with van der Waals surface area (Å²) < 4.78 is 0. The first-order valence-corrected chi connectivity index (χ1v) is 17.3. The van der Waals surface area contributed by atoms with Gasteiger partial charge in [-0.05, 0) is 94.0 Å². The van der Waals surface area contributed by atoms with Crippen LogP contribution in [0.5, 0.6) is 0 Å². The number of benzene rings is 6. The lowest BCUT2D eigenvalue weighted by Gasteiger charge is -2.44. The van der Waals surface area contributed by atoms with Gasteiger partial charge in [-0.15, -0.1) is 0 Å². The van der Waals surface area contributed by atoms with Crippen molar-refractivity contribution in [3.8, 4) is 0 Å². The van der Waals surface area contributed by atoms with E-state index in [4.69, 9.17) is 0 Å². The molecule has 0 fully saturated rings. The number of fused-ring (bicyclic) bond motifs is 6. The lowest BCUT2D eigenvalue weighted by atomic mass is 9.72. The summed E-state index contributed by atoms with van der Waals surface area (Å²) in [7, 11) is 0. The zero-order valence-electron chi connectivity index (χ0n) is 29.0. The Bertz CT molecular complexity index is 2060. The van der Waals surface area contributed by atoms with Crippen LogP contribution in [0.1, 0.15) is 74.9 Å². The maximum atomic E-state index is 11.8. The predicted molar refractivity (Wildman–Crippen MR) is 203 cm³/mol. The first-order valence-electron chi connectivity index (χ1n) is 17.3. The molecule has 4 nitrogen and oxygen atoms in total. The van der Waals surface area contributed by atoms with E-state index in [0.717, 1.165) is 33.9 Å². The quantitative estimate of drug-likeness (QED) is 0.204. The van der Waals surface area contributed by atoms with Crippen LogP contribution in [-0.2, 0) is 16.2 Å². The number of anilines is 8. The normalized spacial score (nSPS) is 17.2. The van der Waals surface area contributed by atoms with Gasteiger partial charge in [0.1, 0.15) is 0 Å². The second kappa shape index (κ2) is 10.1. The van der Waals surface area contributed by atoms with Crippen molar-refractivity contribution in [2.45, 2.75) is 57.8 Å². The van der Waals surface area contributed by atoms with E-state index in [1.807, 2.05) is 0 Å². The molecule has 0 aliphatic carbocycles. The van der Waals surface area contributed by atoms with Gasteiger partial charge in [0.25, 0.3) is 0 Å². The Balaban J connectivity index is 1.20. The van der Waals surface area contributed by atoms with Gasteiger partial charge in [-0.25, -0.2) is 5.06 Å². The summed E-state index contributed by atoms with van der Waals surface area (Å²) in [5.41, 5.74) is 15.2. The highest BCUT2D eigenvalue weighted by Crippen LogP contribution is 2.56. The van der Waals surface area contributed by atoms with Crippen LogP contribution in [0.15, 0.2) is 133 Å². The smallest absolute Gasteiger partial charge is 0.0735 e. The summed E-state index contributed by atoms with van der Waals surface area (Å²) in [5.74, 6) is 0. The van der Waals surface area contributed by atoms with Crippen molar-refractivity contribution in [1.29, 1.82) is 0 Å². The Hall–Kier alpha value is -5.32. The molecule has 49 heavy (non-hydrogen) atoms. The molecule has 0 spiro atoms. The van der Waals surface area contributed by atoms with E-state index >= 15 is 0 Å². The van der Waals surface area contributed by atoms with Crippen molar-refractivity contribution in [2.24, 2.45) is 0 Å². The molecule has 4 heteroatoms. The van der Waals surface area contributed by atoms with Crippen molar-refractivity contribution < 1.29 is 5.21 Å². The first kappa shape index (κ1) is 29.8. The Morgan fingerprint density at radius 2 is 0.633 bits per heavy atom. The van der Waals surface area contributed by atoms with Gasteiger partial charge in [0.05, 0.1) is 34.1 Å². The van der Waals surface area contributed by atoms with Crippen LogP contribution in [-0.4, -0.2) is 5.21 Å². The second-order valence-corrected chi connectivity index (χ2v) is 15.3. The molecule has 0 unspecified atom stereocenters. The van der Waals surface area contributed by atoms with Gasteiger partial charge >= 0.3 is 0 Å². The molecule has 1 N–H and O–H groups in total. The summed E-state index contributed by atoms with van der Waals surface area (Å²) in [6.07, 6.45) is 0. The zero-order valence-corrected chi connectivity index (χ0v) is 29.0. The highest BCUT2D eigenvalue weighted by atomic mass is 16.5. The van der Waals surface area contributed by atoms with E-state index in [0.29, 0.717) is 0 Å². The number of rotatable bonds is 2. The Kier molecular flexibility index (Phi) is 6.14. The molecule has 0 saturated carbocycles. The molecule has 3 aliphatic rings. The van der Waals surface area contributed by atoms with Crippen LogP contribution in [0, 0.1) is 0 Å². The lowest BCUT2D eigenvalue weighted by Crippen LogP contribution is -2.33. The van der Waals surface area contributed by atoms with Crippen LogP contribution in [0.2, 0.25) is 0 Å². The minimum absolute atomic E-state index is 0.130. The molecule has 0 atom stereocenters. The van der Waals surface area contributed by atoms with Crippen LogP contribution in [0.3, 0.4) is 0 Å². The molecule has 9 rings (SSSR count). The van der Waals surface area contributed by atoms with Gasteiger partial charge in [0.15, 0.2) is 0 Å². The standard InChI is InChI=1S/C45H41N3O/c1-43(2)31-15-7-11-19-37(31)46(38-20-12-8-16-32(38)43)29-23-25-41-35(27-29)45(5,6)36-28-30(24-26-42(36)48(41)49)47-39-21-13-9-17-33(39)44(3,4)34-18-10-14-22-40(34)47/h7-28,49H,1-6H3. The summed E-state index contributed by atoms with van der Waals surface area (Å²) in [6, 6.07) is 48.0. The number of nitrogens with zero attached hydrogens (tertiary/aromatic N) is 3. The van der Waals surface area contributed by atoms with E-state index in [9.17, 15) is 5.21 Å². The van der Waals surface area contributed by atoms with E-state index in [2.05, 4.69) is 185 Å². The number of para-hydroxylation sites is 4. The summed E-state index contributed by atoms with van der Waals surface area (Å²) in [4.78, 5) is 4.78. The third kappa shape index (κ3) is 4.01. The van der Waals surface area contributed by atoms with Crippen LogP contribution < -0.4 is 14.9 Å². The van der Waals surface area contributed by atoms with E-state index < -0.39 is 5.41 Å². The van der Waals surface area contributed by atoms with Gasteiger partial charge in [-0.1, -0.05) is 114 Å². The average Bonchev–Trinajstić information content (AvgIpc) is 3.11. The highest BCUT2D eigenvalue weighted by Gasteiger charge is 2.41. The predicted octanol–water partition coefficient (Wildman–Crippen LogP) is 12.1. The van der Waals surface area contributed by atoms with Crippen LogP contribution in [0.25, 0.3) is 0 Å². The molecule has 0 radical (unpaired) electrons. The van der Waals surface area contributed by atoms with Crippen LogP contribution in [0.4, 0.5) is 45.5 Å². The van der Waals surface area contributed by atoms with Gasteiger partial charge in [-0.3, -0.25) is 5.21 Å². The molecule has 0 aromatic heterocycles. The fraction of sp³-hybridized carbons (Fsp3) is 0.200. The molecular formula is C45H41N3O. The molecule has 3 aliphatic heterocycles. The van der Waals surface area contributed by atoms with Gasteiger partial charge < -0.3 is 9.80 Å². The lowest BCUT2D eigenvalue weighted by molar-refractivity contribution is 0.293. The summed E-state index contributed by atoms with van der Waals surface area (Å²) >= 11 is 0. The van der Waals surface area contributed by atoms with Gasteiger partial charge in [0, 0.05) is 27.6 Å². The van der Waals surface area contributed by atoms with E-state index in [-0.39, 0.29) is 10.8 Å². The first-order chi connectivity index (χ1) is 23.5. The molecule has 3 heterocycles. The Labute approximate surface area is 289 Å². The van der Waals surface area contributed by atoms with Crippen molar-refractivity contribution in [1.82, 2.24) is 0 Å². The molecule has 0 bridgehead atoms. The van der Waals surface area contributed by atoms with Gasteiger partial charge in [0.2, 0.25) is 0 Å². The van der Waals surface area contributed by atoms with Crippen molar-refractivity contribution in [3.05, 3.63) is 167 Å². The maximum Gasteiger partial charge on any atom is 0.0735 e. The molecule has 0 saturated heterocycles. The van der Waals surface area contributed by atoms with Crippen molar-refractivity contribution >= 4 is 45.5 Å². The highest BCUT2D eigenvalue weighted by molar-refractivity contribution is 5.90. The molecular weight excluding hydrogens is 599 g/mol. The Morgan fingerprint density at radius 3 is 0.959 bits per heavy atom. The summed E-state index contributed by atoms with van der Waals surface area (Å²) in [6.45, 7) is 13.8. The molecule has 6 aromatic rings. The second-order valence-electron chi connectivity index (χ2n) is 15.3. The minimum atomic E-state index is -0.405. The van der Waals surface area contributed by atoms with Crippen molar-refractivity contribution in [3.63, 3.8) is 0 Å². The van der Waals surface area contributed by atoms with E-state index in [1.165, 1.54) is 50.1 Å². The average molecular weight is 640 g/mol. The fourth-order valence-corrected chi connectivity index (χ4v) is 8.87. The maximum absolute atomic E-state index is 11.8. The number of hydrogen-bond acceptors (Lipinski definition) is 4. The fourth-order valence-electron chi connectivity index (χ4n) is 8.87. The van der Waals surface area contributed by atoms with Gasteiger partial charge in [-0.2, -0.15) is 0 Å². The monoisotopic (exact) mass is 639 g/mol. The summed E-state index contributed by atoms with van der Waals surface area (Å²) in [5, 5.41) is 13.2. The van der Waals surface area contributed by atoms with E-state index in [1.54, 1.807) is 0 Å². The molecule has 6 aromatic carbocycles. The third-order valence-electron chi connectivity index (χ3n) is 11.6. The third-order valence-corrected chi connectivity index (χ3v) is 11.6. The van der Waals surface area contributed by atoms with Crippen LogP contribution >= 0.6 is 0 Å². The minimum Gasteiger partial charge on any atom is -0.310 e. The molecule has 242 valence electrons. The number of hydrogen-bond donors (Lipinski definition) is 1. The zero-order chi connectivity index (χ0) is 33.9. The topological polar surface area (TPSA) is 30.0 Å². The Morgan fingerprint density at radius 1 is 0.347 bits per heavy atom.